The number of rotatable bonds is 0. The first-order chi connectivity index (χ1) is 18.8. The second-order valence-electron chi connectivity index (χ2n) is 8.17. The third kappa shape index (κ3) is 13.2. The van der Waals surface area contributed by atoms with Crippen molar-refractivity contribution in [3.63, 3.8) is 0 Å². The van der Waals surface area contributed by atoms with Gasteiger partial charge in [-0.05, 0) is 37.5 Å². The van der Waals surface area contributed by atoms with Crippen LogP contribution in [0.1, 0.15) is 62.3 Å². The van der Waals surface area contributed by atoms with Crippen molar-refractivity contribution in [3.05, 3.63) is 82.9 Å². The Bertz CT molecular complexity index is 1200. The summed E-state index contributed by atoms with van der Waals surface area (Å²) in [6, 6.07) is 14.0. The molecule has 7 rings (SSSR count). The van der Waals surface area contributed by atoms with Crippen molar-refractivity contribution in [2.45, 2.75) is 32.3 Å². The Morgan fingerprint density at radius 3 is 1.40 bits per heavy atom. The Kier molecular flexibility index (Phi) is 19.7. The SMILES string of the molecule is C1CCOC1.O.O.O=C1C=CC(=O)O1.O=C1CCCO1.O=C1OC(=O)c2ccccc21.O=C1OCc2ccccc21.[OH3+].[OH3+]. The van der Waals surface area contributed by atoms with Gasteiger partial charge in [0.1, 0.15) is 6.61 Å². The van der Waals surface area contributed by atoms with Crippen molar-refractivity contribution >= 4 is 35.8 Å². The first-order valence-electron chi connectivity index (χ1n) is 12.1. The second-order valence-corrected chi connectivity index (χ2v) is 8.17. The maximum absolute atomic E-state index is 10.8. The molecule has 15 nitrogen and oxygen atoms in total. The molecule has 2 saturated heterocycles. The zero-order valence-corrected chi connectivity index (χ0v) is 23.1. The monoisotopic (exact) mass is 612 g/mol. The molecule has 10 N–H and O–H groups in total. The molecule has 0 unspecified atom stereocenters. The van der Waals surface area contributed by atoms with Crippen LogP contribution in [0.4, 0.5) is 0 Å². The van der Waals surface area contributed by atoms with E-state index in [1.807, 2.05) is 18.2 Å². The van der Waals surface area contributed by atoms with Crippen LogP contribution in [0.5, 0.6) is 0 Å². The minimum absolute atomic E-state index is 0. The molecule has 0 aliphatic carbocycles. The van der Waals surface area contributed by atoms with Crippen LogP contribution in [-0.4, -0.2) is 66.6 Å². The van der Waals surface area contributed by atoms with Gasteiger partial charge in [0.05, 0.1) is 23.3 Å². The molecule has 5 aliphatic rings. The van der Waals surface area contributed by atoms with E-state index in [0.717, 1.165) is 37.4 Å². The minimum atomic E-state index is -0.579. The average Bonchev–Trinajstić information content (AvgIpc) is 3.78. The Balaban J connectivity index is 0. The van der Waals surface area contributed by atoms with Crippen LogP contribution in [0, 0.1) is 0 Å². The average molecular weight is 613 g/mol. The number of cyclic esters (lactones) is 6. The van der Waals surface area contributed by atoms with Crippen LogP contribution in [0.3, 0.4) is 0 Å². The fraction of sp³-hybridized carbons (Fsp3) is 0.286. The molecule has 0 aromatic heterocycles. The maximum Gasteiger partial charge on any atom is 0.346 e. The Morgan fingerprint density at radius 2 is 1.05 bits per heavy atom. The molecule has 2 aromatic rings. The van der Waals surface area contributed by atoms with Gasteiger partial charge in [-0.25, -0.2) is 24.0 Å². The third-order valence-electron chi connectivity index (χ3n) is 5.32. The highest BCUT2D eigenvalue weighted by molar-refractivity contribution is 6.14. The fourth-order valence-corrected chi connectivity index (χ4v) is 3.39. The van der Waals surface area contributed by atoms with Crippen molar-refractivity contribution in [1.29, 1.82) is 0 Å². The lowest BCUT2D eigenvalue weighted by molar-refractivity contribution is -0.150. The molecule has 0 radical (unpaired) electrons. The van der Waals surface area contributed by atoms with E-state index in [4.69, 9.17) is 9.47 Å². The van der Waals surface area contributed by atoms with Crippen LogP contribution in [0.15, 0.2) is 60.7 Å². The molecule has 236 valence electrons. The maximum atomic E-state index is 10.8. The lowest BCUT2D eigenvalue weighted by atomic mass is 10.1. The van der Waals surface area contributed by atoms with E-state index < -0.39 is 23.9 Å². The summed E-state index contributed by atoms with van der Waals surface area (Å²) in [6.07, 6.45) is 6.27. The molecule has 2 aromatic carbocycles. The highest BCUT2D eigenvalue weighted by Gasteiger charge is 2.28. The summed E-state index contributed by atoms with van der Waals surface area (Å²) >= 11 is 0. The molecule has 0 saturated carbocycles. The third-order valence-corrected chi connectivity index (χ3v) is 5.32. The molecular formula is C28H36O15+2. The van der Waals surface area contributed by atoms with E-state index in [9.17, 15) is 28.8 Å². The number of ether oxygens (including phenoxy) is 5. The van der Waals surface area contributed by atoms with Crippen LogP contribution in [0.25, 0.3) is 0 Å². The van der Waals surface area contributed by atoms with Crippen LogP contribution in [0.2, 0.25) is 0 Å². The van der Waals surface area contributed by atoms with Gasteiger partial charge in [0.25, 0.3) is 0 Å². The lowest BCUT2D eigenvalue weighted by Gasteiger charge is -1.87. The molecule has 0 amide bonds. The molecule has 0 bridgehead atoms. The van der Waals surface area contributed by atoms with E-state index in [-0.39, 0.29) is 33.8 Å². The van der Waals surface area contributed by atoms with Crippen LogP contribution < -0.4 is 0 Å². The van der Waals surface area contributed by atoms with Gasteiger partial charge in [-0.2, -0.15) is 0 Å². The van der Waals surface area contributed by atoms with Gasteiger partial charge in [-0.15, -0.1) is 0 Å². The summed E-state index contributed by atoms with van der Waals surface area (Å²) in [5, 5.41) is 0. The van der Waals surface area contributed by atoms with Crippen molar-refractivity contribution < 1.29 is 74.4 Å². The summed E-state index contributed by atoms with van der Waals surface area (Å²) in [5.74, 6) is -2.50. The molecule has 0 atom stereocenters. The van der Waals surface area contributed by atoms with Gasteiger partial charge in [-0.3, -0.25) is 4.79 Å². The quantitative estimate of drug-likeness (QED) is 0.160. The van der Waals surface area contributed by atoms with Gasteiger partial charge < -0.3 is 45.6 Å². The zero-order chi connectivity index (χ0) is 28.0. The van der Waals surface area contributed by atoms with Crippen molar-refractivity contribution in [3.8, 4) is 0 Å². The fourth-order valence-electron chi connectivity index (χ4n) is 3.39. The van der Waals surface area contributed by atoms with Crippen molar-refractivity contribution in [2.75, 3.05) is 19.8 Å². The van der Waals surface area contributed by atoms with E-state index in [1.165, 1.54) is 12.8 Å². The Labute approximate surface area is 245 Å². The molecule has 0 spiro atoms. The normalized spacial score (nSPS) is 15.7. The summed E-state index contributed by atoms with van der Waals surface area (Å²) in [7, 11) is 0. The van der Waals surface area contributed by atoms with Gasteiger partial charge in [0.15, 0.2) is 0 Å². The smallest absolute Gasteiger partial charge is 0.346 e. The van der Waals surface area contributed by atoms with Crippen LogP contribution in [-0.2, 0) is 55.6 Å². The predicted octanol–water partition coefficient (Wildman–Crippen LogP) is -0.393. The number of hydrogen-bond donors (Lipinski definition) is 0. The van der Waals surface area contributed by atoms with Crippen molar-refractivity contribution in [1.82, 2.24) is 0 Å². The number of benzene rings is 2. The number of carbonyl (C=O) groups is 6. The lowest BCUT2D eigenvalue weighted by Crippen LogP contribution is -1.96. The Morgan fingerprint density at radius 1 is 0.535 bits per heavy atom. The first-order valence-corrected chi connectivity index (χ1v) is 12.1. The van der Waals surface area contributed by atoms with Gasteiger partial charge in [0.2, 0.25) is 0 Å². The topological polar surface area (TPSA) is 278 Å². The molecular weight excluding hydrogens is 576 g/mol. The van der Waals surface area contributed by atoms with Crippen LogP contribution >= 0.6 is 0 Å². The Hall–Kier alpha value is -4.80. The first kappa shape index (κ1) is 40.3. The number of fused-ring (bicyclic) bond motifs is 2. The number of hydrogen-bond acceptors (Lipinski definition) is 11. The molecule has 5 heterocycles. The van der Waals surface area contributed by atoms with E-state index in [2.05, 4.69) is 14.2 Å². The van der Waals surface area contributed by atoms with E-state index in [1.54, 1.807) is 30.3 Å². The second kappa shape index (κ2) is 21.0. The summed E-state index contributed by atoms with van der Waals surface area (Å²) in [4.78, 5) is 62.4. The summed E-state index contributed by atoms with van der Waals surface area (Å²) in [5.41, 5.74) is 2.42. The minimum Gasteiger partial charge on any atom is -0.466 e. The number of carbonyl (C=O) groups excluding carboxylic acids is 6. The predicted molar refractivity (Wildman–Crippen MR) is 149 cm³/mol. The largest absolute Gasteiger partial charge is 0.466 e. The number of esters is 6. The molecule has 15 heteroatoms. The van der Waals surface area contributed by atoms with Crippen molar-refractivity contribution in [2.24, 2.45) is 0 Å². The summed E-state index contributed by atoms with van der Waals surface area (Å²) < 4.78 is 22.6. The molecule has 2 fully saturated rings. The van der Waals surface area contributed by atoms with E-state index >= 15 is 0 Å². The molecule has 5 aliphatic heterocycles. The van der Waals surface area contributed by atoms with Gasteiger partial charge in [0, 0.05) is 37.4 Å². The highest BCUT2D eigenvalue weighted by Crippen LogP contribution is 2.19. The highest BCUT2D eigenvalue weighted by atomic mass is 16.6. The van der Waals surface area contributed by atoms with Gasteiger partial charge >= 0.3 is 35.8 Å². The van der Waals surface area contributed by atoms with Gasteiger partial charge in [-0.1, -0.05) is 30.3 Å². The summed E-state index contributed by atoms with van der Waals surface area (Å²) in [6.45, 7) is 3.08. The molecule has 43 heavy (non-hydrogen) atoms. The zero-order valence-electron chi connectivity index (χ0n) is 23.1. The standard InChI is InChI=1S/C8H4O3.C8H6O2.C4H2O3.C4H6O2.C4H8O.4H2O/c9-7-5-3-1-2-4-6(5)8(10)11-7;9-8-7-4-2-1-3-6(7)5-10-8;5-3-1-2-4(6)7-3;5-4-2-1-3-6-4;1-2-4-5-3-1;;;;/h1-4H;1-4H,5H2;1-2H;1-3H2;1-4H2;4*1H2/p+2. The van der Waals surface area contributed by atoms with E-state index in [0.29, 0.717) is 36.3 Å².